The molecule has 0 radical (unpaired) electrons. The molecule has 3 N–H and O–H groups in total. The molecule has 0 saturated heterocycles. The lowest BCUT2D eigenvalue weighted by Crippen LogP contribution is -2.56. The molecule has 10 heteroatoms. The summed E-state index contributed by atoms with van der Waals surface area (Å²) in [5.41, 5.74) is -0.262. The average Bonchev–Trinajstić information content (AvgIpc) is 3.34. The van der Waals surface area contributed by atoms with Crippen molar-refractivity contribution in [3.8, 4) is 5.75 Å². The van der Waals surface area contributed by atoms with Crippen molar-refractivity contribution in [1.29, 1.82) is 0 Å². The van der Waals surface area contributed by atoms with Crippen LogP contribution in [0.3, 0.4) is 0 Å². The van der Waals surface area contributed by atoms with Crippen LogP contribution in [-0.2, 0) is 9.59 Å². The first-order valence-electron chi connectivity index (χ1n) is 11.9. The largest absolute Gasteiger partial charge is 0.495 e. The second kappa shape index (κ2) is 13.7. The second-order valence-corrected chi connectivity index (χ2v) is 12.3. The van der Waals surface area contributed by atoms with Crippen molar-refractivity contribution in [2.24, 2.45) is 17.3 Å². The third kappa shape index (κ3) is 8.83. The Balaban J connectivity index is 2.13. The van der Waals surface area contributed by atoms with Gasteiger partial charge in [0, 0.05) is 5.75 Å². The van der Waals surface area contributed by atoms with Crippen molar-refractivity contribution in [2.45, 2.75) is 57.7 Å². The number of methoxy groups -OCH3 is 1. The minimum Gasteiger partial charge on any atom is -0.495 e. The maximum absolute atomic E-state index is 13.1. The number of imide groups is 1. The maximum atomic E-state index is 13.1. The second-order valence-electron chi connectivity index (χ2n) is 10.00. The first-order chi connectivity index (χ1) is 16.9. The number of carbonyl (C=O) groups is 3. The zero-order valence-corrected chi connectivity index (χ0v) is 23.4. The fraction of sp³-hybridized carbons (Fsp3) is 0.500. The van der Waals surface area contributed by atoms with Gasteiger partial charge in [0.1, 0.15) is 11.8 Å². The third-order valence-electron chi connectivity index (χ3n) is 5.53. The van der Waals surface area contributed by atoms with Crippen LogP contribution in [0, 0.1) is 17.3 Å². The highest BCUT2D eigenvalue weighted by Gasteiger charge is 2.36. The highest BCUT2D eigenvalue weighted by atomic mass is 32.2. The molecule has 0 fully saturated rings. The molecule has 0 aliphatic carbocycles. The normalized spacial score (nSPS) is 13.1. The number of benzene rings is 1. The SMILES string of the molecule is COc1ccccc1NC(=O)[C@@H](NC(=O)N(O)C(=O)[C@H](CCC(C)C)CSc1cccs1)C(C)(C)C. The van der Waals surface area contributed by atoms with E-state index in [0.29, 0.717) is 29.5 Å². The zero-order chi connectivity index (χ0) is 26.9. The molecular weight excluding hydrogens is 498 g/mol. The van der Waals surface area contributed by atoms with Crippen LogP contribution in [0.5, 0.6) is 5.75 Å². The van der Waals surface area contributed by atoms with Gasteiger partial charge in [0.2, 0.25) is 5.91 Å². The van der Waals surface area contributed by atoms with Gasteiger partial charge < -0.3 is 15.4 Å². The molecule has 2 aromatic rings. The molecule has 1 aromatic heterocycles. The molecule has 2 rings (SSSR count). The van der Waals surface area contributed by atoms with Crippen LogP contribution in [0.25, 0.3) is 0 Å². The van der Waals surface area contributed by atoms with E-state index in [2.05, 4.69) is 24.5 Å². The topological polar surface area (TPSA) is 108 Å². The number of amides is 4. The number of urea groups is 1. The Bertz CT molecular complexity index is 1010. The minimum absolute atomic E-state index is 0.120. The maximum Gasteiger partial charge on any atom is 0.349 e. The number of nitrogens with zero attached hydrogens (tertiary/aromatic N) is 1. The number of anilines is 1. The Morgan fingerprint density at radius 1 is 1.11 bits per heavy atom. The predicted molar refractivity (Wildman–Crippen MR) is 145 cm³/mol. The van der Waals surface area contributed by atoms with Crippen molar-refractivity contribution in [3.05, 3.63) is 41.8 Å². The van der Waals surface area contributed by atoms with Gasteiger partial charge in [-0.15, -0.1) is 28.2 Å². The molecule has 1 aromatic carbocycles. The van der Waals surface area contributed by atoms with Crippen LogP contribution < -0.4 is 15.4 Å². The fourth-order valence-corrected chi connectivity index (χ4v) is 5.37. The van der Waals surface area contributed by atoms with E-state index in [1.54, 1.807) is 56.4 Å². The number of thioether (sulfide) groups is 1. The number of thiophene rings is 1. The number of rotatable bonds is 11. The van der Waals surface area contributed by atoms with E-state index in [9.17, 15) is 19.6 Å². The highest BCUT2D eigenvalue weighted by Crippen LogP contribution is 2.29. The molecule has 0 aliphatic heterocycles. The van der Waals surface area contributed by atoms with Crippen LogP contribution in [0.2, 0.25) is 0 Å². The standard InChI is InChI=1S/C26H37N3O5S2/c1-17(2)13-14-18(16-36-21-12-9-15-35-21)24(31)29(33)25(32)28-22(26(3,4)5)23(30)27-19-10-7-8-11-20(19)34-6/h7-12,15,17-18,22,33H,13-14,16H2,1-6H3,(H,27,30)(H,28,32)/t18-,22-/m1/s1. The van der Waals surface area contributed by atoms with Crippen LogP contribution in [0.4, 0.5) is 10.5 Å². The number of ether oxygens (including phenoxy) is 1. The lowest BCUT2D eigenvalue weighted by atomic mass is 9.86. The Labute approximate surface area is 221 Å². The minimum atomic E-state index is -1.04. The molecule has 1 heterocycles. The summed E-state index contributed by atoms with van der Waals surface area (Å²) < 4.78 is 6.34. The third-order valence-corrected chi connectivity index (χ3v) is 7.82. The quantitative estimate of drug-likeness (QED) is 0.188. The van der Waals surface area contributed by atoms with Crippen LogP contribution in [0.15, 0.2) is 46.0 Å². The van der Waals surface area contributed by atoms with Crippen molar-refractivity contribution < 1.29 is 24.3 Å². The Morgan fingerprint density at radius 2 is 1.81 bits per heavy atom. The Hall–Kier alpha value is -2.56. The van der Waals surface area contributed by atoms with E-state index in [1.807, 2.05) is 17.5 Å². The summed E-state index contributed by atoms with van der Waals surface area (Å²) in [6.07, 6.45) is 1.32. The van der Waals surface area contributed by atoms with Gasteiger partial charge in [-0.1, -0.05) is 59.2 Å². The van der Waals surface area contributed by atoms with Gasteiger partial charge in [-0.25, -0.2) is 4.79 Å². The smallest absolute Gasteiger partial charge is 0.349 e. The van der Waals surface area contributed by atoms with Crippen LogP contribution in [-0.4, -0.2) is 47.0 Å². The monoisotopic (exact) mass is 535 g/mol. The van der Waals surface area contributed by atoms with Gasteiger partial charge >= 0.3 is 6.03 Å². The molecule has 4 amide bonds. The highest BCUT2D eigenvalue weighted by molar-refractivity contribution is 8.01. The molecule has 198 valence electrons. The van der Waals surface area contributed by atoms with Crippen molar-refractivity contribution >= 4 is 46.6 Å². The van der Waals surface area contributed by atoms with Crippen molar-refractivity contribution in [3.63, 3.8) is 0 Å². The number of carbonyl (C=O) groups excluding carboxylic acids is 3. The van der Waals surface area contributed by atoms with Crippen LogP contribution >= 0.6 is 23.1 Å². The Kier molecular flexibility index (Phi) is 11.3. The lowest BCUT2D eigenvalue weighted by Gasteiger charge is -2.31. The van der Waals surface area contributed by atoms with Crippen molar-refractivity contribution in [1.82, 2.24) is 10.4 Å². The number of hydrogen-bond donors (Lipinski definition) is 3. The first kappa shape index (κ1) is 29.7. The molecule has 0 unspecified atom stereocenters. The molecule has 8 nitrogen and oxygen atoms in total. The fourth-order valence-electron chi connectivity index (χ4n) is 3.43. The van der Waals surface area contributed by atoms with E-state index in [0.717, 1.165) is 10.6 Å². The Morgan fingerprint density at radius 3 is 2.39 bits per heavy atom. The lowest BCUT2D eigenvalue weighted by molar-refractivity contribution is -0.157. The summed E-state index contributed by atoms with van der Waals surface area (Å²) in [6, 6.07) is 8.76. The summed E-state index contributed by atoms with van der Waals surface area (Å²) in [5.74, 6) is -0.448. The summed E-state index contributed by atoms with van der Waals surface area (Å²) in [4.78, 5) is 39.2. The number of para-hydroxylation sites is 2. The summed E-state index contributed by atoms with van der Waals surface area (Å²) in [5, 5.41) is 18.0. The first-order valence-corrected chi connectivity index (χ1v) is 13.7. The molecule has 2 atom stereocenters. The zero-order valence-electron chi connectivity index (χ0n) is 21.7. The van der Waals surface area contributed by atoms with Gasteiger partial charge in [-0.3, -0.25) is 14.8 Å². The van der Waals surface area contributed by atoms with E-state index in [-0.39, 0.29) is 5.06 Å². The number of hydrogen-bond acceptors (Lipinski definition) is 7. The van der Waals surface area contributed by atoms with Gasteiger partial charge in [-0.05, 0) is 41.3 Å². The molecule has 36 heavy (non-hydrogen) atoms. The molecular formula is C26H37N3O5S2. The van der Waals surface area contributed by atoms with E-state index in [4.69, 9.17) is 4.74 Å². The van der Waals surface area contributed by atoms with E-state index in [1.165, 1.54) is 18.9 Å². The number of nitrogens with one attached hydrogen (secondary N) is 2. The van der Waals surface area contributed by atoms with Gasteiger partial charge in [0.15, 0.2) is 0 Å². The van der Waals surface area contributed by atoms with Crippen LogP contribution in [0.1, 0.15) is 47.5 Å². The summed E-state index contributed by atoms with van der Waals surface area (Å²) in [7, 11) is 1.50. The molecule has 0 bridgehead atoms. The average molecular weight is 536 g/mol. The summed E-state index contributed by atoms with van der Waals surface area (Å²) in [6.45, 7) is 9.47. The van der Waals surface area contributed by atoms with Gasteiger partial charge in [-0.2, -0.15) is 0 Å². The molecule has 0 aliphatic rings. The predicted octanol–water partition coefficient (Wildman–Crippen LogP) is 5.88. The van der Waals surface area contributed by atoms with Gasteiger partial charge in [0.05, 0.1) is 22.9 Å². The van der Waals surface area contributed by atoms with E-state index < -0.39 is 35.2 Å². The van der Waals surface area contributed by atoms with Crippen molar-refractivity contribution in [2.75, 3.05) is 18.2 Å². The van der Waals surface area contributed by atoms with E-state index >= 15 is 0 Å². The molecule has 0 saturated carbocycles. The van der Waals surface area contributed by atoms with Gasteiger partial charge in [0.25, 0.3) is 5.91 Å². The molecule has 0 spiro atoms. The summed E-state index contributed by atoms with van der Waals surface area (Å²) >= 11 is 3.10. The number of hydroxylamine groups is 2.